The molecule has 100 valence electrons. The Morgan fingerprint density at radius 1 is 1.22 bits per heavy atom. The van der Waals surface area contributed by atoms with Crippen molar-refractivity contribution in [2.75, 3.05) is 39.3 Å². The third-order valence-electron chi connectivity index (χ3n) is 3.26. The predicted octanol–water partition coefficient (Wildman–Crippen LogP) is 1.23. The zero-order valence-corrected chi connectivity index (χ0v) is 11.3. The topological polar surface area (TPSA) is 39.6 Å². The number of hydrogen-bond acceptors (Lipinski definition) is 4. The lowest BCUT2D eigenvalue weighted by atomic mass is 10.3. The molecule has 2 heterocycles. The Hall–Kier alpha value is -0.680. The molecule has 0 spiro atoms. The molecule has 0 radical (unpaired) electrons. The quantitative estimate of drug-likeness (QED) is 0.893. The average Bonchev–Trinajstić information content (AvgIpc) is 2.56. The summed E-state index contributed by atoms with van der Waals surface area (Å²) in [5.41, 5.74) is 1.03. The van der Waals surface area contributed by atoms with E-state index in [0.717, 1.165) is 56.4 Å². The first-order valence-electron chi connectivity index (χ1n) is 6.44. The van der Waals surface area contributed by atoms with Gasteiger partial charge in [-0.1, -0.05) is 11.6 Å². The number of aliphatic hydroxyl groups excluding tert-OH is 1. The first-order chi connectivity index (χ1) is 8.78. The van der Waals surface area contributed by atoms with E-state index in [0.29, 0.717) is 0 Å². The largest absolute Gasteiger partial charge is 0.395 e. The molecule has 18 heavy (non-hydrogen) atoms. The maximum absolute atomic E-state index is 8.96. The number of aromatic nitrogens is 1. The molecule has 2 rings (SSSR count). The molecule has 1 aliphatic rings. The van der Waals surface area contributed by atoms with Crippen LogP contribution in [0.5, 0.6) is 0 Å². The van der Waals surface area contributed by atoms with Crippen molar-refractivity contribution >= 4 is 11.6 Å². The molecule has 0 bridgehead atoms. The number of hydrogen-bond donors (Lipinski definition) is 1. The lowest BCUT2D eigenvalue weighted by molar-refractivity contribution is 0.195. The van der Waals surface area contributed by atoms with Crippen molar-refractivity contribution < 1.29 is 5.11 Å². The first kappa shape index (κ1) is 13.7. The summed E-state index contributed by atoms with van der Waals surface area (Å²) >= 11 is 5.96. The summed E-state index contributed by atoms with van der Waals surface area (Å²) in [6, 6.07) is 3.73. The van der Waals surface area contributed by atoms with Crippen LogP contribution >= 0.6 is 11.6 Å². The maximum Gasteiger partial charge on any atom is 0.0558 e. The molecule has 0 atom stereocenters. The molecule has 1 N–H and O–H groups in total. The fourth-order valence-electron chi connectivity index (χ4n) is 2.31. The summed E-state index contributed by atoms with van der Waals surface area (Å²) in [6.45, 7) is 6.07. The van der Waals surface area contributed by atoms with Gasteiger partial charge in [0.25, 0.3) is 0 Å². The van der Waals surface area contributed by atoms with Crippen molar-refractivity contribution in [2.45, 2.75) is 13.0 Å². The molecule has 0 aromatic carbocycles. The van der Waals surface area contributed by atoms with E-state index < -0.39 is 0 Å². The molecule has 0 unspecified atom stereocenters. The van der Waals surface area contributed by atoms with Gasteiger partial charge in [-0.25, -0.2) is 0 Å². The number of aliphatic hydroxyl groups is 1. The summed E-state index contributed by atoms with van der Waals surface area (Å²) < 4.78 is 0. The summed E-state index contributed by atoms with van der Waals surface area (Å²) in [5, 5.41) is 9.71. The normalized spacial score (nSPS) is 18.8. The Balaban J connectivity index is 1.87. The molecular weight excluding hydrogens is 250 g/mol. The van der Waals surface area contributed by atoms with Crippen molar-refractivity contribution in [2.24, 2.45) is 0 Å². The van der Waals surface area contributed by atoms with Gasteiger partial charge in [-0.3, -0.25) is 14.8 Å². The Bertz CT molecular complexity index is 375. The van der Waals surface area contributed by atoms with Crippen LogP contribution in [-0.4, -0.2) is 59.2 Å². The standard InChI is InChI=1S/C13H20ClN3O/c14-12-2-3-15-13(10-12)11-17-5-1-4-16(6-7-17)8-9-18/h2-3,10,18H,1,4-9,11H2. The maximum atomic E-state index is 8.96. The Morgan fingerprint density at radius 3 is 2.78 bits per heavy atom. The molecule has 1 aliphatic heterocycles. The minimum Gasteiger partial charge on any atom is -0.395 e. The molecule has 1 aromatic heterocycles. The highest BCUT2D eigenvalue weighted by Crippen LogP contribution is 2.11. The van der Waals surface area contributed by atoms with Crippen LogP contribution in [-0.2, 0) is 6.54 Å². The van der Waals surface area contributed by atoms with Crippen LogP contribution in [0.4, 0.5) is 0 Å². The zero-order valence-electron chi connectivity index (χ0n) is 10.6. The number of pyridine rings is 1. The number of nitrogens with zero attached hydrogens (tertiary/aromatic N) is 3. The lowest BCUT2D eigenvalue weighted by Crippen LogP contribution is -2.32. The second-order valence-electron chi connectivity index (χ2n) is 4.66. The van der Waals surface area contributed by atoms with E-state index in [1.165, 1.54) is 0 Å². The lowest BCUT2D eigenvalue weighted by Gasteiger charge is -2.20. The SMILES string of the molecule is OCCN1CCCN(Cc2cc(Cl)ccn2)CC1. The van der Waals surface area contributed by atoms with E-state index >= 15 is 0 Å². The molecule has 0 aliphatic carbocycles. The van der Waals surface area contributed by atoms with Gasteiger partial charge in [0, 0.05) is 37.4 Å². The highest BCUT2D eigenvalue weighted by molar-refractivity contribution is 6.30. The third kappa shape index (κ3) is 4.21. The molecular formula is C13H20ClN3O. The van der Waals surface area contributed by atoms with E-state index in [9.17, 15) is 0 Å². The van der Waals surface area contributed by atoms with Gasteiger partial charge in [0.1, 0.15) is 0 Å². The van der Waals surface area contributed by atoms with Crippen LogP contribution in [0, 0.1) is 0 Å². The summed E-state index contributed by atoms with van der Waals surface area (Å²) in [6.07, 6.45) is 2.90. The molecule has 0 amide bonds. The highest BCUT2D eigenvalue weighted by atomic mass is 35.5. The van der Waals surface area contributed by atoms with Crippen molar-refractivity contribution in [3.63, 3.8) is 0 Å². The van der Waals surface area contributed by atoms with Gasteiger partial charge in [0.15, 0.2) is 0 Å². The molecule has 5 heteroatoms. The minimum absolute atomic E-state index is 0.246. The van der Waals surface area contributed by atoms with Gasteiger partial charge in [0.05, 0.1) is 12.3 Å². The fraction of sp³-hybridized carbons (Fsp3) is 0.615. The van der Waals surface area contributed by atoms with E-state index in [1.54, 1.807) is 12.3 Å². The zero-order chi connectivity index (χ0) is 12.8. The van der Waals surface area contributed by atoms with Crippen LogP contribution in [0.1, 0.15) is 12.1 Å². The van der Waals surface area contributed by atoms with Crippen LogP contribution in [0.25, 0.3) is 0 Å². The highest BCUT2D eigenvalue weighted by Gasteiger charge is 2.14. The van der Waals surface area contributed by atoms with E-state index in [2.05, 4.69) is 14.8 Å². The number of β-amino-alcohol motifs (C(OH)–C–C–N with tert-alkyl or cyclic N) is 1. The van der Waals surface area contributed by atoms with Crippen molar-refractivity contribution in [1.82, 2.24) is 14.8 Å². The molecule has 0 saturated carbocycles. The fourth-order valence-corrected chi connectivity index (χ4v) is 2.49. The minimum atomic E-state index is 0.246. The molecule has 1 saturated heterocycles. The summed E-state index contributed by atoms with van der Waals surface area (Å²) in [4.78, 5) is 9.05. The van der Waals surface area contributed by atoms with Crippen LogP contribution in [0.15, 0.2) is 18.3 Å². The van der Waals surface area contributed by atoms with Gasteiger partial charge in [-0.05, 0) is 31.6 Å². The van der Waals surface area contributed by atoms with Gasteiger partial charge >= 0.3 is 0 Å². The Kier molecular flexibility index (Phi) is 5.38. The van der Waals surface area contributed by atoms with Gasteiger partial charge < -0.3 is 5.11 Å². The van der Waals surface area contributed by atoms with Crippen molar-refractivity contribution in [1.29, 1.82) is 0 Å². The third-order valence-corrected chi connectivity index (χ3v) is 3.50. The summed E-state index contributed by atoms with van der Waals surface area (Å²) in [7, 11) is 0. The second kappa shape index (κ2) is 7.04. The average molecular weight is 270 g/mol. The first-order valence-corrected chi connectivity index (χ1v) is 6.82. The van der Waals surface area contributed by atoms with E-state index in [1.807, 2.05) is 6.07 Å². The molecule has 1 fully saturated rings. The Morgan fingerprint density at radius 2 is 2.00 bits per heavy atom. The molecule has 1 aromatic rings. The molecule has 4 nitrogen and oxygen atoms in total. The second-order valence-corrected chi connectivity index (χ2v) is 5.10. The van der Waals surface area contributed by atoms with Crippen molar-refractivity contribution in [3.05, 3.63) is 29.0 Å². The number of halogens is 1. The predicted molar refractivity (Wildman–Crippen MR) is 72.7 cm³/mol. The van der Waals surface area contributed by atoms with Crippen molar-refractivity contribution in [3.8, 4) is 0 Å². The van der Waals surface area contributed by atoms with E-state index in [4.69, 9.17) is 16.7 Å². The summed E-state index contributed by atoms with van der Waals surface area (Å²) in [5.74, 6) is 0. The van der Waals surface area contributed by atoms with Crippen LogP contribution in [0.2, 0.25) is 5.02 Å². The Labute approximate surface area is 113 Å². The van der Waals surface area contributed by atoms with E-state index in [-0.39, 0.29) is 6.61 Å². The van der Waals surface area contributed by atoms with Crippen LogP contribution < -0.4 is 0 Å². The van der Waals surface area contributed by atoms with Crippen LogP contribution in [0.3, 0.4) is 0 Å². The monoisotopic (exact) mass is 269 g/mol. The van der Waals surface area contributed by atoms with Gasteiger partial charge in [-0.2, -0.15) is 0 Å². The van der Waals surface area contributed by atoms with Gasteiger partial charge in [-0.15, -0.1) is 0 Å². The number of rotatable bonds is 4. The van der Waals surface area contributed by atoms with Gasteiger partial charge in [0.2, 0.25) is 0 Å². The smallest absolute Gasteiger partial charge is 0.0558 e.